The standard InChI is InChI=1S/C16H17N5O2/c1-22-14-9-19-16(20-10-14)23-13-5-3-7-21(11-13)15-12(8-17)4-2-6-18-15/h2,4,6,9-10,13H,3,5,7,11H2,1H3. The van der Waals surface area contributed by atoms with Crippen molar-refractivity contribution in [2.45, 2.75) is 18.9 Å². The summed E-state index contributed by atoms with van der Waals surface area (Å²) in [6, 6.07) is 6.07. The highest BCUT2D eigenvalue weighted by Gasteiger charge is 2.24. The Labute approximate surface area is 134 Å². The van der Waals surface area contributed by atoms with Gasteiger partial charge in [0.05, 0.1) is 31.6 Å². The number of nitrogens with zero attached hydrogens (tertiary/aromatic N) is 5. The van der Waals surface area contributed by atoms with E-state index in [1.807, 2.05) is 0 Å². The fourth-order valence-corrected chi connectivity index (χ4v) is 2.58. The maximum atomic E-state index is 9.22. The quantitative estimate of drug-likeness (QED) is 0.851. The van der Waals surface area contributed by atoms with E-state index in [9.17, 15) is 5.26 Å². The summed E-state index contributed by atoms with van der Waals surface area (Å²) in [6.07, 6.45) is 6.70. The third-order valence-electron chi connectivity index (χ3n) is 3.70. The first kappa shape index (κ1) is 15.0. The number of piperidine rings is 1. The lowest BCUT2D eigenvalue weighted by Gasteiger charge is -2.33. The normalized spacial score (nSPS) is 17.4. The van der Waals surface area contributed by atoms with Crippen LogP contribution in [0.2, 0.25) is 0 Å². The summed E-state index contributed by atoms with van der Waals surface area (Å²) in [6.45, 7) is 1.51. The van der Waals surface area contributed by atoms with Crippen molar-refractivity contribution in [3.63, 3.8) is 0 Å². The van der Waals surface area contributed by atoms with Crippen LogP contribution in [0, 0.1) is 11.3 Å². The van der Waals surface area contributed by atoms with Gasteiger partial charge in [-0.15, -0.1) is 0 Å². The second-order valence-corrected chi connectivity index (χ2v) is 5.22. The maximum Gasteiger partial charge on any atom is 0.316 e. The van der Waals surface area contributed by atoms with Crippen LogP contribution in [0.4, 0.5) is 5.82 Å². The van der Waals surface area contributed by atoms with Crippen LogP contribution in [0.5, 0.6) is 11.8 Å². The zero-order valence-electron chi connectivity index (χ0n) is 12.8. The summed E-state index contributed by atoms with van der Waals surface area (Å²) in [4.78, 5) is 14.7. The van der Waals surface area contributed by atoms with Gasteiger partial charge < -0.3 is 14.4 Å². The summed E-state index contributed by atoms with van der Waals surface area (Å²) in [5.74, 6) is 1.30. The molecule has 2 aromatic heterocycles. The minimum Gasteiger partial charge on any atom is -0.494 e. The van der Waals surface area contributed by atoms with Gasteiger partial charge in [0.2, 0.25) is 0 Å². The maximum absolute atomic E-state index is 9.22. The molecule has 0 saturated carbocycles. The average molecular weight is 311 g/mol. The Hall–Kier alpha value is -2.88. The molecule has 1 atom stereocenters. The number of hydrogen-bond donors (Lipinski definition) is 0. The van der Waals surface area contributed by atoms with Crippen LogP contribution >= 0.6 is 0 Å². The Morgan fingerprint density at radius 2 is 2.13 bits per heavy atom. The van der Waals surface area contributed by atoms with Crippen molar-refractivity contribution in [1.29, 1.82) is 5.26 Å². The average Bonchev–Trinajstić information content (AvgIpc) is 2.62. The fourth-order valence-electron chi connectivity index (χ4n) is 2.58. The van der Waals surface area contributed by atoms with E-state index in [2.05, 4.69) is 25.9 Å². The number of pyridine rings is 1. The van der Waals surface area contributed by atoms with Crippen LogP contribution < -0.4 is 14.4 Å². The molecule has 0 amide bonds. The molecule has 0 N–H and O–H groups in total. The second-order valence-electron chi connectivity index (χ2n) is 5.22. The topological polar surface area (TPSA) is 84.2 Å². The van der Waals surface area contributed by atoms with Gasteiger partial charge in [0.15, 0.2) is 5.75 Å². The zero-order valence-corrected chi connectivity index (χ0v) is 12.8. The lowest BCUT2D eigenvalue weighted by molar-refractivity contribution is 0.163. The van der Waals surface area contributed by atoms with Crippen LogP contribution in [0.1, 0.15) is 18.4 Å². The molecule has 1 aliphatic heterocycles. The van der Waals surface area contributed by atoms with Gasteiger partial charge in [-0.3, -0.25) is 0 Å². The number of anilines is 1. The number of ether oxygens (including phenoxy) is 2. The number of hydrogen-bond acceptors (Lipinski definition) is 7. The van der Waals surface area contributed by atoms with Crippen LogP contribution in [-0.4, -0.2) is 41.3 Å². The molecule has 0 bridgehead atoms. The predicted molar refractivity (Wildman–Crippen MR) is 83.4 cm³/mol. The van der Waals surface area contributed by atoms with E-state index >= 15 is 0 Å². The van der Waals surface area contributed by atoms with Crippen molar-refractivity contribution in [3.8, 4) is 17.8 Å². The van der Waals surface area contributed by atoms with E-state index < -0.39 is 0 Å². The first-order valence-electron chi connectivity index (χ1n) is 7.43. The highest BCUT2D eigenvalue weighted by Crippen LogP contribution is 2.23. The van der Waals surface area contributed by atoms with Gasteiger partial charge in [-0.2, -0.15) is 15.2 Å². The minimum atomic E-state index is -0.0364. The van der Waals surface area contributed by atoms with E-state index in [0.29, 0.717) is 29.7 Å². The van der Waals surface area contributed by atoms with E-state index in [-0.39, 0.29) is 6.10 Å². The molecule has 1 aliphatic rings. The number of nitriles is 1. The summed E-state index contributed by atoms with van der Waals surface area (Å²) in [5, 5.41) is 9.22. The largest absolute Gasteiger partial charge is 0.494 e. The van der Waals surface area contributed by atoms with Crippen molar-refractivity contribution in [2.75, 3.05) is 25.1 Å². The number of aromatic nitrogens is 3. The molecule has 0 radical (unpaired) electrons. The molecule has 0 aromatic carbocycles. The zero-order chi connectivity index (χ0) is 16.1. The van der Waals surface area contributed by atoms with Crippen molar-refractivity contribution in [1.82, 2.24) is 15.0 Å². The molecular weight excluding hydrogens is 294 g/mol. The van der Waals surface area contributed by atoms with Crippen LogP contribution in [0.3, 0.4) is 0 Å². The minimum absolute atomic E-state index is 0.0364. The van der Waals surface area contributed by atoms with E-state index in [4.69, 9.17) is 9.47 Å². The van der Waals surface area contributed by atoms with Gasteiger partial charge in [-0.1, -0.05) is 0 Å². The van der Waals surface area contributed by atoms with Crippen LogP contribution in [0.15, 0.2) is 30.7 Å². The van der Waals surface area contributed by atoms with Crippen molar-refractivity contribution in [2.24, 2.45) is 0 Å². The predicted octanol–water partition coefficient (Wildman–Crippen LogP) is 1.80. The van der Waals surface area contributed by atoms with E-state index in [1.54, 1.807) is 37.8 Å². The molecule has 3 rings (SSSR count). The van der Waals surface area contributed by atoms with Gasteiger partial charge in [-0.05, 0) is 25.0 Å². The molecule has 118 valence electrons. The summed E-state index contributed by atoms with van der Waals surface area (Å²) in [7, 11) is 1.57. The van der Waals surface area contributed by atoms with Crippen molar-refractivity contribution in [3.05, 3.63) is 36.3 Å². The van der Waals surface area contributed by atoms with Crippen molar-refractivity contribution >= 4 is 5.82 Å². The van der Waals surface area contributed by atoms with Crippen LogP contribution in [0.25, 0.3) is 0 Å². The van der Waals surface area contributed by atoms with Gasteiger partial charge in [0.25, 0.3) is 0 Å². The Bertz CT molecular complexity index is 698. The summed E-state index contributed by atoms with van der Waals surface area (Å²) in [5.41, 5.74) is 0.578. The highest BCUT2D eigenvalue weighted by molar-refractivity contribution is 5.53. The Kier molecular flexibility index (Phi) is 4.52. The molecule has 1 saturated heterocycles. The molecule has 7 nitrogen and oxygen atoms in total. The lowest BCUT2D eigenvalue weighted by atomic mass is 10.1. The summed E-state index contributed by atoms with van der Waals surface area (Å²) < 4.78 is 10.9. The molecule has 3 heterocycles. The van der Waals surface area contributed by atoms with E-state index in [0.717, 1.165) is 19.4 Å². The smallest absolute Gasteiger partial charge is 0.316 e. The Morgan fingerprint density at radius 1 is 1.30 bits per heavy atom. The monoisotopic (exact) mass is 311 g/mol. The second kappa shape index (κ2) is 6.92. The number of methoxy groups -OCH3 is 1. The molecule has 23 heavy (non-hydrogen) atoms. The Morgan fingerprint density at radius 3 is 2.87 bits per heavy atom. The highest BCUT2D eigenvalue weighted by atomic mass is 16.5. The molecule has 0 aliphatic carbocycles. The fraction of sp³-hybridized carbons (Fsp3) is 0.375. The van der Waals surface area contributed by atoms with Gasteiger partial charge >= 0.3 is 6.01 Å². The lowest BCUT2D eigenvalue weighted by Crippen LogP contribution is -2.42. The van der Waals surface area contributed by atoms with Gasteiger partial charge in [-0.25, -0.2) is 4.98 Å². The van der Waals surface area contributed by atoms with Gasteiger partial charge in [0.1, 0.15) is 18.0 Å². The van der Waals surface area contributed by atoms with Crippen molar-refractivity contribution < 1.29 is 9.47 Å². The Balaban J connectivity index is 1.69. The molecule has 1 unspecified atom stereocenters. The molecule has 2 aromatic rings. The molecule has 0 spiro atoms. The molecule has 7 heteroatoms. The molecular formula is C16H17N5O2. The summed E-state index contributed by atoms with van der Waals surface area (Å²) >= 11 is 0. The SMILES string of the molecule is COc1cnc(OC2CCCN(c3ncccc3C#N)C2)nc1. The third-order valence-corrected chi connectivity index (χ3v) is 3.70. The first-order chi connectivity index (χ1) is 11.3. The van der Waals surface area contributed by atoms with Gasteiger partial charge in [0, 0.05) is 12.7 Å². The third kappa shape index (κ3) is 3.48. The van der Waals surface area contributed by atoms with E-state index in [1.165, 1.54) is 0 Å². The van der Waals surface area contributed by atoms with Crippen LogP contribution in [-0.2, 0) is 0 Å². The molecule has 1 fully saturated rings. The number of rotatable bonds is 4. The first-order valence-corrected chi connectivity index (χ1v) is 7.43.